The van der Waals surface area contributed by atoms with Gasteiger partial charge in [-0.2, -0.15) is 0 Å². The molecule has 5 nitrogen and oxygen atoms in total. The molecule has 132 valence electrons. The first-order valence-corrected chi connectivity index (χ1v) is 8.77. The molecule has 0 atom stereocenters. The highest BCUT2D eigenvalue weighted by molar-refractivity contribution is 5.92. The van der Waals surface area contributed by atoms with Crippen molar-refractivity contribution in [1.29, 1.82) is 0 Å². The number of anilines is 1. The summed E-state index contributed by atoms with van der Waals surface area (Å²) in [5.74, 6) is 0.716. The molecule has 0 aromatic heterocycles. The SMILES string of the molecule is CC(C)C(=O)N1CCN(CC(=O)Nc2ccc(C(C)C)cc2)CC1. The van der Waals surface area contributed by atoms with Crippen molar-refractivity contribution in [2.75, 3.05) is 38.0 Å². The molecular formula is C19H29N3O2. The average molecular weight is 331 g/mol. The van der Waals surface area contributed by atoms with Crippen LogP contribution in [0, 0.1) is 5.92 Å². The summed E-state index contributed by atoms with van der Waals surface area (Å²) in [7, 11) is 0. The summed E-state index contributed by atoms with van der Waals surface area (Å²) in [4.78, 5) is 28.2. The molecule has 1 heterocycles. The molecule has 1 aliphatic heterocycles. The van der Waals surface area contributed by atoms with E-state index < -0.39 is 0 Å². The number of hydrogen-bond acceptors (Lipinski definition) is 3. The van der Waals surface area contributed by atoms with Crippen LogP contribution in [-0.2, 0) is 9.59 Å². The number of piperazine rings is 1. The Morgan fingerprint density at radius 1 is 1.00 bits per heavy atom. The number of carbonyl (C=O) groups is 2. The van der Waals surface area contributed by atoms with Crippen LogP contribution >= 0.6 is 0 Å². The number of hydrogen-bond donors (Lipinski definition) is 1. The van der Waals surface area contributed by atoms with E-state index in [-0.39, 0.29) is 17.7 Å². The number of nitrogens with one attached hydrogen (secondary N) is 1. The van der Waals surface area contributed by atoms with Crippen LogP contribution in [0.15, 0.2) is 24.3 Å². The fourth-order valence-corrected chi connectivity index (χ4v) is 2.85. The summed E-state index contributed by atoms with van der Waals surface area (Å²) in [6, 6.07) is 8.01. The first-order chi connectivity index (χ1) is 11.4. The summed E-state index contributed by atoms with van der Waals surface area (Å²) in [6.07, 6.45) is 0. The molecule has 2 amide bonds. The lowest BCUT2D eigenvalue weighted by Crippen LogP contribution is -2.51. The van der Waals surface area contributed by atoms with Gasteiger partial charge in [-0.25, -0.2) is 0 Å². The molecule has 2 rings (SSSR count). The van der Waals surface area contributed by atoms with Gasteiger partial charge in [0, 0.05) is 37.8 Å². The molecule has 5 heteroatoms. The van der Waals surface area contributed by atoms with Crippen LogP contribution in [0.1, 0.15) is 39.2 Å². The third-order valence-electron chi connectivity index (χ3n) is 4.41. The van der Waals surface area contributed by atoms with Gasteiger partial charge in [0.2, 0.25) is 11.8 Å². The van der Waals surface area contributed by atoms with Crippen molar-refractivity contribution in [1.82, 2.24) is 9.80 Å². The Bertz CT molecular complexity index is 558. The molecule has 1 aliphatic rings. The first-order valence-electron chi connectivity index (χ1n) is 8.77. The minimum Gasteiger partial charge on any atom is -0.340 e. The van der Waals surface area contributed by atoms with E-state index in [1.165, 1.54) is 5.56 Å². The lowest BCUT2D eigenvalue weighted by atomic mass is 10.0. The van der Waals surface area contributed by atoms with Crippen molar-refractivity contribution in [2.45, 2.75) is 33.6 Å². The number of benzene rings is 1. The fourth-order valence-electron chi connectivity index (χ4n) is 2.85. The van der Waals surface area contributed by atoms with Gasteiger partial charge in [0.05, 0.1) is 6.54 Å². The molecule has 1 fully saturated rings. The van der Waals surface area contributed by atoms with Gasteiger partial charge in [0.1, 0.15) is 0 Å². The maximum absolute atomic E-state index is 12.2. The third kappa shape index (κ3) is 5.06. The summed E-state index contributed by atoms with van der Waals surface area (Å²) in [5.41, 5.74) is 2.09. The van der Waals surface area contributed by atoms with Crippen LogP contribution in [0.2, 0.25) is 0 Å². The monoisotopic (exact) mass is 331 g/mol. The van der Waals surface area contributed by atoms with E-state index in [2.05, 4.69) is 36.2 Å². The van der Waals surface area contributed by atoms with E-state index in [0.717, 1.165) is 18.8 Å². The molecule has 0 unspecified atom stereocenters. The largest absolute Gasteiger partial charge is 0.340 e. The molecule has 1 N–H and O–H groups in total. The molecule has 0 aliphatic carbocycles. The molecular weight excluding hydrogens is 302 g/mol. The van der Waals surface area contributed by atoms with Crippen molar-refractivity contribution in [3.63, 3.8) is 0 Å². The second-order valence-corrected chi connectivity index (χ2v) is 7.08. The van der Waals surface area contributed by atoms with E-state index in [0.29, 0.717) is 25.6 Å². The Labute approximate surface area is 145 Å². The normalized spacial score (nSPS) is 15.8. The lowest BCUT2D eigenvalue weighted by molar-refractivity contribution is -0.136. The minimum atomic E-state index is -0.00377. The third-order valence-corrected chi connectivity index (χ3v) is 4.41. The molecule has 0 bridgehead atoms. The predicted octanol–water partition coefficient (Wildman–Crippen LogP) is 2.55. The van der Waals surface area contributed by atoms with Crippen LogP contribution in [0.25, 0.3) is 0 Å². The highest BCUT2D eigenvalue weighted by atomic mass is 16.2. The zero-order valence-electron chi connectivity index (χ0n) is 15.2. The van der Waals surface area contributed by atoms with Gasteiger partial charge < -0.3 is 10.2 Å². The van der Waals surface area contributed by atoms with E-state index in [4.69, 9.17) is 0 Å². The highest BCUT2D eigenvalue weighted by Gasteiger charge is 2.23. The van der Waals surface area contributed by atoms with Gasteiger partial charge in [-0.1, -0.05) is 39.8 Å². The van der Waals surface area contributed by atoms with Gasteiger partial charge in [-0.15, -0.1) is 0 Å². The molecule has 1 aromatic rings. The summed E-state index contributed by atoms with van der Waals surface area (Å²) in [5, 5.41) is 2.95. The molecule has 0 spiro atoms. The van der Waals surface area contributed by atoms with Gasteiger partial charge in [0.25, 0.3) is 0 Å². The average Bonchev–Trinajstić information content (AvgIpc) is 2.55. The smallest absolute Gasteiger partial charge is 0.238 e. The van der Waals surface area contributed by atoms with Crippen LogP contribution < -0.4 is 5.32 Å². The van der Waals surface area contributed by atoms with Crippen molar-refractivity contribution >= 4 is 17.5 Å². The fraction of sp³-hybridized carbons (Fsp3) is 0.579. The van der Waals surface area contributed by atoms with E-state index in [1.54, 1.807) is 0 Å². The number of rotatable bonds is 5. The quantitative estimate of drug-likeness (QED) is 0.902. The van der Waals surface area contributed by atoms with Crippen LogP contribution in [0.4, 0.5) is 5.69 Å². The zero-order chi connectivity index (χ0) is 17.7. The van der Waals surface area contributed by atoms with Gasteiger partial charge in [0.15, 0.2) is 0 Å². The zero-order valence-corrected chi connectivity index (χ0v) is 15.2. The minimum absolute atomic E-state index is 0.00377. The predicted molar refractivity (Wildman–Crippen MR) is 97.0 cm³/mol. The Morgan fingerprint density at radius 2 is 1.58 bits per heavy atom. The Balaban J connectivity index is 1.78. The van der Waals surface area contributed by atoms with Crippen LogP contribution in [-0.4, -0.2) is 54.3 Å². The number of nitrogens with zero attached hydrogens (tertiary/aromatic N) is 2. The standard InChI is InChI=1S/C19H29N3O2/c1-14(2)16-5-7-17(8-6-16)20-18(23)13-21-9-11-22(12-10-21)19(24)15(3)4/h5-8,14-15H,9-13H2,1-4H3,(H,20,23). The van der Waals surface area contributed by atoms with Crippen molar-refractivity contribution < 1.29 is 9.59 Å². The Hall–Kier alpha value is -1.88. The summed E-state index contributed by atoms with van der Waals surface area (Å²) in [6.45, 7) is 11.4. The Kier molecular flexibility index (Phi) is 6.37. The molecule has 1 saturated heterocycles. The maximum atomic E-state index is 12.2. The van der Waals surface area contributed by atoms with Crippen molar-refractivity contribution in [3.8, 4) is 0 Å². The number of carbonyl (C=O) groups excluding carboxylic acids is 2. The molecule has 1 aromatic carbocycles. The van der Waals surface area contributed by atoms with E-state index in [9.17, 15) is 9.59 Å². The molecule has 0 saturated carbocycles. The molecule has 0 radical (unpaired) electrons. The van der Waals surface area contributed by atoms with Gasteiger partial charge >= 0.3 is 0 Å². The summed E-state index contributed by atoms with van der Waals surface area (Å²) < 4.78 is 0. The lowest BCUT2D eigenvalue weighted by Gasteiger charge is -2.35. The van der Waals surface area contributed by atoms with Gasteiger partial charge in [-0.05, 0) is 23.6 Å². The highest BCUT2D eigenvalue weighted by Crippen LogP contribution is 2.17. The van der Waals surface area contributed by atoms with E-state index in [1.807, 2.05) is 30.9 Å². The van der Waals surface area contributed by atoms with Crippen molar-refractivity contribution in [2.24, 2.45) is 5.92 Å². The van der Waals surface area contributed by atoms with E-state index >= 15 is 0 Å². The molecule has 24 heavy (non-hydrogen) atoms. The summed E-state index contributed by atoms with van der Waals surface area (Å²) >= 11 is 0. The number of amides is 2. The topological polar surface area (TPSA) is 52.7 Å². The first kappa shape index (κ1) is 18.5. The van der Waals surface area contributed by atoms with Crippen LogP contribution in [0.5, 0.6) is 0 Å². The maximum Gasteiger partial charge on any atom is 0.238 e. The van der Waals surface area contributed by atoms with Crippen molar-refractivity contribution in [3.05, 3.63) is 29.8 Å². The van der Waals surface area contributed by atoms with Gasteiger partial charge in [-0.3, -0.25) is 14.5 Å². The van der Waals surface area contributed by atoms with Crippen LogP contribution in [0.3, 0.4) is 0 Å². The Morgan fingerprint density at radius 3 is 2.08 bits per heavy atom. The second kappa shape index (κ2) is 8.29. The second-order valence-electron chi connectivity index (χ2n) is 7.08.